The largest absolute Gasteiger partial charge is 0.474 e. The topological polar surface area (TPSA) is 61.0 Å². The monoisotopic (exact) mass is 277 g/mol. The van der Waals surface area contributed by atoms with E-state index in [0.717, 1.165) is 24.2 Å². The van der Waals surface area contributed by atoms with Crippen LogP contribution in [-0.4, -0.2) is 16.1 Å². The lowest BCUT2D eigenvalue weighted by atomic mass is 9.82. The molecule has 2 N–H and O–H groups in total. The van der Waals surface area contributed by atoms with Gasteiger partial charge in [-0.2, -0.15) is 4.98 Å². The molecule has 1 aromatic rings. The molecule has 2 rings (SSSR count). The van der Waals surface area contributed by atoms with E-state index in [2.05, 4.69) is 37.7 Å². The predicted molar refractivity (Wildman–Crippen MR) is 81.9 cm³/mol. The number of ether oxygens (including phenoxy) is 1. The Balaban J connectivity index is 2.20. The van der Waals surface area contributed by atoms with Crippen molar-refractivity contribution >= 4 is 5.82 Å². The van der Waals surface area contributed by atoms with Gasteiger partial charge in [0.2, 0.25) is 5.88 Å². The van der Waals surface area contributed by atoms with Crippen molar-refractivity contribution in [3.05, 3.63) is 11.4 Å². The van der Waals surface area contributed by atoms with Crippen LogP contribution in [-0.2, 0) is 0 Å². The number of aromatic nitrogens is 2. The zero-order valence-electron chi connectivity index (χ0n) is 13.3. The van der Waals surface area contributed by atoms with E-state index in [1.165, 1.54) is 6.42 Å². The highest BCUT2D eigenvalue weighted by molar-refractivity contribution is 5.44. The van der Waals surface area contributed by atoms with Gasteiger partial charge >= 0.3 is 0 Å². The van der Waals surface area contributed by atoms with E-state index >= 15 is 0 Å². The maximum atomic E-state index is 6.17. The standard InChI is InChI=1S/C16H27N3O/c1-9(2)15-18-14(17)12(5)16(19-15)20-13-7-10(3)6-11(4)8-13/h9-11,13H,6-8H2,1-5H3,(H2,17,18,19). The van der Waals surface area contributed by atoms with Crippen LogP contribution in [0.5, 0.6) is 5.88 Å². The highest BCUT2D eigenvalue weighted by atomic mass is 16.5. The molecule has 0 bridgehead atoms. The third kappa shape index (κ3) is 3.41. The number of hydrogen-bond donors (Lipinski definition) is 1. The first-order chi connectivity index (χ1) is 9.36. The molecule has 0 radical (unpaired) electrons. The second-order valence-corrected chi connectivity index (χ2v) is 6.71. The minimum atomic E-state index is 0.252. The van der Waals surface area contributed by atoms with Crippen molar-refractivity contribution in [1.29, 1.82) is 0 Å². The first kappa shape index (κ1) is 15.1. The molecule has 1 heterocycles. The molecule has 1 aromatic heterocycles. The number of nitrogen functional groups attached to an aromatic ring is 1. The van der Waals surface area contributed by atoms with Gasteiger partial charge in [-0.25, -0.2) is 4.98 Å². The summed E-state index contributed by atoms with van der Waals surface area (Å²) in [6.45, 7) is 10.7. The third-order valence-electron chi connectivity index (χ3n) is 4.09. The van der Waals surface area contributed by atoms with E-state index in [1.54, 1.807) is 0 Å². The van der Waals surface area contributed by atoms with Gasteiger partial charge in [0.15, 0.2) is 0 Å². The maximum absolute atomic E-state index is 6.17. The van der Waals surface area contributed by atoms with Crippen molar-refractivity contribution in [2.75, 3.05) is 5.73 Å². The van der Waals surface area contributed by atoms with Crippen molar-refractivity contribution in [2.45, 2.75) is 65.9 Å². The summed E-state index contributed by atoms with van der Waals surface area (Å²) in [7, 11) is 0. The fraction of sp³-hybridized carbons (Fsp3) is 0.750. The average Bonchev–Trinajstić information content (AvgIpc) is 2.33. The number of anilines is 1. The average molecular weight is 277 g/mol. The normalized spacial score (nSPS) is 26.8. The summed E-state index contributed by atoms with van der Waals surface area (Å²) in [5, 5.41) is 0. The molecule has 0 spiro atoms. The number of nitrogens with zero attached hydrogens (tertiary/aromatic N) is 2. The highest BCUT2D eigenvalue weighted by Gasteiger charge is 2.26. The Morgan fingerprint density at radius 2 is 1.70 bits per heavy atom. The first-order valence-corrected chi connectivity index (χ1v) is 7.67. The van der Waals surface area contributed by atoms with Gasteiger partial charge in [0.1, 0.15) is 17.7 Å². The Bertz CT molecular complexity index is 463. The molecule has 0 saturated heterocycles. The summed E-state index contributed by atoms with van der Waals surface area (Å²) >= 11 is 0. The number of hydrogen-bond acceptors (Lipinski definition) is 4. The quantitative estimate of drug-likeness (QED) is 0.915. The van der Waals surface area contributed by atoms with Crippen molar-refractivity contribution in [3.8, 4) is 5.88 Å². The SMILES string of the molecule is Cc1c(N)nc(C(C)C)nc1OC1CC(C)CC(C)C1. The van der Waals surface area contributed by atoms with Crippen molar-refractivity contribution < 1.29 is 4.74 Å². The van der Waals surface area contributed by atoms with Crippen LogP contribution >= 0.6 is 0 Å². The summed E-state index contributed by atoms with van der Waals surface area (Å²) in [6.07, 6.45) is 3.75. The van der Waals surface area contributed by atoms with Crippen LogP contribution in [0.4, 0.5) is 5.82 Å². The molecule has 1 saturated carbocycles. The summed E-state index contributed by atoms with van der Waals surface area (Å²) in [4.78, 5) is 8.91. The minimum Gasteiger partial charge on any atom is -0.474 e. The lowest BCUT2D eigenvalue weighted by molar-refractivity contribution is 0.0956. The molecular weight excluding hydrogens is 250 g/mol. The molecule has 4 nitrogen and oxygen atoms in total. The van der Waals surface area contributed by atoms with Gasteiger partial charge in [0, 0.05) is 5.92 Å². The Kier molecular flexibility index (Phi) is 4.51. The molecule has 2 unspecified atom stereocenters. The van der Waals surface area contributed by atoms with Gasteiger partial charge in [0.05, 0.1) is 5.56 Å². The third-order valence-corrected chi connectivity index (χ3v) is 4.09. The second-order valence-electron chi connectivity index (χ2n) is 6.71. The van der Waals surface area contributed by atoms with Crippen LogP contribution in [0.25, 0.3) is 0 Å². The summed E-state index contributed by atoms with van der Waals surface area (Å²) in [5.41, 5.74) is 6.85. The van der Waals surface area contributed by atoms with E-state index < -0.39 is 0 Å². The molecule has 1 aliphatic carbocycles. The lowest BCUT2D eigenvalue weighted by Gasteiger charge is -2.31. The fourth-order valence-corrected chi connectivity index (χ4v) is 3.03. The van der Waals surface area contributed by atoms with Crippen LogP contribution in [0.2, 0.25) is 0 Å². The molecule has 4 heteroatoms. The van der Waals surface area contributed by atoms with E-state index in [0.29, 0.717) is 23.5 Å². The van der Waals surface area contributed by atoms with E-state index in [9.17, 15) is 0 Å². The number of nitrogens with two attached hydrogens (primary N) is 1. The Labute approximate surface area is 122 Å². The van der Waals surface area contributed by atoms with Crippen molar-refractivity contribution in [1.82, 2.24) is 9.97 Å². The van der Waals surface area contributed by atoms with Crippen LogP contribution in [0.1, 0.15) is 64.3 Å². The van der Waals surface area contributed by atoms with E-state index in [1.807, 2.05) is 6.92 Å². The van der Waals surface area contributed by atoms with Crippen LogP contribution < -0.4 is 10.5 Å². The van der Waals surface area contributed by atoms with Crippen molar-refractivity contribution in [2.24, 2.45) is 11.8 Å². The van der Waals surface area contributed by atoms with Gasteiger partial charge in [-0.1, -0.05) is 27.7 Å². The molecular formula is C16H27N3O. The molecule has 1 aliphatic rings. The van der Waals surface area contributed by atoms with Gasteiger partial charge in [-0.05, 0) is 38.0 Å². The van der Waals surface area contributed by atoms with Gasteiger partial charge in [-0.3, -0.25) is 0 Å². The van der Waals surface area contributed by atoms with Gasteiger partial charge in [-0.15, -0.1) is 0 Å². The predicted octanol–water partition coefficient (Wildman–Crippen LogP) is 3.69. The zero-order chi connectivity index (χ0) is 14.9. The molecule has 0 aliphatic heterocycles. The summed E-state index contributed by atoms with van der Waals surface area (Å²) < 4.78 is 6.17. The van der Waals surface area contributed by atoms with E-state index in [-0.39, 0.29) is 12.0 Å². The molecule has 2 atom stereocenters. The van der Waals surface area contributed by atoms with Crippen LogP contribution in [0.3, 0.4) is 0 Å². The van der Waals surface area contributed by atoms with Gasteiger partial charge < -0.3 is 10.5 Å². The van der Waals surface area contributed by atoms with Crippen molar-refractivity contribution in [3.63, 3.8) is 0 Å². The Hall–Kier alpha value is -1.32. The smallest absolute Gasteiger partial charge is 0.222 e. The molecule has 20 heavy (non-hydrogen) atoms. The highest BCUT2D eigenvalue weighted by Crippen LogP contribution is 2.32. The minimum absolute atomic E-state index is 0.252. The first-order valence-electron chi connectivity index (χ1n) is 7.67. The molecule has 1 fully saturated rings. The number of rotatable bonds is 3. The van der Waals surface area contributed by atoms with Crippen LogP contribution in [0, 0.1) is 18.8 Å². The second kappa shape index (κ2) is 5.98. The lowest BCUT2D eigenvalue weighted by Crippen LogP contribution is -2.29. The molecule has 112 valence electrons. The van der Waals surface area contributed by atoms with E-state index in [4.69, 9.17) is 10.5 Å². The Morgan fingerprint density at radius 1 is 1.10 bits per heavy atom. The van der Waals surface area contributed by atoms with Crippen LogP contribution in [0.15, 0.2) is 0 Å². The summed E-state index contributed by atoms with van der Waals surface area (Å²) in [5.74, 6) is 3.66. The van der Waals surface area contributed by atoms with Gasteiger partial charge in [0.25, 0.3) is 0 Å². The molecule has 0 aromatic carbocycles. The molecule has 0 amide bonds. The zero-order valence-corrected chi connectivity index (χ0v) is 13.3. The Morgan fingerprint density at radius 3 is 2.25 bits per heavy atom. The maximum Gasteiger partial charge on any atom is 0.222 e. The summed E-state index contributed by atoms with van der Waals surface area (Å²) in [6, 6.07) is 0. The fourth-order valence-electron chi connectivity index (χ4n) is 3.03.